The number of aromatic amines is 1. The van der Waals surface area contributed by atoms with Crippen molar-refractivity contribution in [2.24, 2.45) is 0 Å². The molecule has 1 aromatic carbocycles. The first-order valence-corrected chi connectivity index (χ1v) is 10.2. The molecule has 0 unspecified atom stereocenters. The Balaban J connectivity index is 2.37. The Bertz CT molecular complexity index is 555. The topological polar surface area (TPSA) is 28.3 Å². The van der Waals surface area contributed by atoms with Gasteiger partial charge < -0.3 is 14.3 Å². The first-order valence-electron chi connectivity index (χ1n) is 6.79. The summed E-state index contributed by atoms with van der Waals surface area (Å²) in [6.07, 6.45) is 3.16. The van der Waals surface area contributed by atoms with E-state index in [1.54, 1.807) is 0 Å². The maximum atomic E-state index is 6.23. The first kappa shape index (κ1) is 14.2. The van der Waals surface area contributed by atoms with Gasteiger partial charge in [-0.3, -0.25) is 0 Å². The summed E-state index contributed by atoms with van der Waals surface area (Å²) in [5.74, 6) is 1.03. The average Bonchev–Trinajstić information content (AvgIpc) is 2.68. The highest BCUT2D eigenvalue weighted by Gasteiger charge is 2.19. The lowest BCUT2D eigenvalue weighted by Gasteiger charge is -2.20. The van der Waals surface area contributed by atoms with E-state index in [1.165, 1.54) is 16.5 Å². The van der Waals surface area contributed by atoms with Crippen molar-refractivity contribution in [2.45, 2.75) is 26.1 Å². The van der Waals surface area contributed by atoms with E-state index in [4.69, 9.17) is 4.43 Å². The SMILES string of the molecule is CN(C)CCc1c[nH]c2cccc(O[Si](C)(C)C)c12. The number of nitrogens with zero attached hydrogens (tertiary/aromatic N) is 1. The van der Waals surface area contributed by atoms with Gasteiger partial charge in [-0.1, -0.05) is 6.07 Å². The van der Waals surface area contributed by atoms with Gasteiger partial charge >= 0.3 is 0 Å². The summed E-state index contributed by atoms with van der Waals surface area (Å²) in [4.78, 5) is 5.56. The van der Waals surface area contributed by atoms with Crippen molar-refractivity contribution in [3.8, 4) is 5.75 Å². The fourth-order valence-corrected chi connectivity index (χ4v) is 3.01. The van der Waals surface area contributed by atoms with Crippen LogP contribution in [-0.4, -0.2) is 38.8 Å². The van der Waals surface area contributed by atoms with Crippen LogP contribution in [0.15, 0.2) is 24.4 Å². The van der Waals surface area contributed by atoms with Crippen molar-refractivity contribution >= 4 is 19.2 Å². The molecular weight excluding hydrogens is 252 g/mol. The molecule has 1 aromatic heterocycles. The first-order chi connectivity index (χ1) is 8.87. The van der Waals surface area contributed by atoms with Gasteiger partial charge in [0.05, 0.1) is 0 Å². The molecule has 0 spiro atoms. The Morgan fingerprint density at radius 2 is 1.95 bits per heavy atom. The predicted octanol–water partition coefficient (Wildman–Crippen LogP) is 3.49. The molecule has 0 aliphatic rings. The smallest absolute Gasteiger partial charge is 0.242 e. The number of nitrogens with one attached hydrogen (secondary N) is 1. The molecule has 0 bridgehead atoms. The predicted molar refractivity (Wildman–Crippen MR) is 84.5 cm³/mol. The lowest BCUT2D eigenvalue weighted by atomic mass is 10.1. The summed E-state index contributed by atoms with van der Waals surface area (Å²) in [5.41, 5.74) is 2.52. The van der Waals surface area contributed by atoms with Crippen molar-refractivity contribution in [3.05, 3.63) is 30.0 Å². The minimum Gasteiger partial charge on any atom is -0.544 e. The fourth-order valence-electron chi connectivity index (χ4n) is 2.18. The van der Waals surface area contributed by atoms with E-state index in [1.807, 2.05) is 0 Å². The number of rotatable bonds is 5. The Labute approximate surface area is 116 Å². The van der Waals surface area contributed by atoms with Gasteiger partial charge in [-0.05, 0) is 57.9 Å². The van der Waals surface area contributed by atoms with Gasteiger partial charge in [0.2, 0.25) is 8.32 Å². The van der Waals surface area contributed by atoms with Crippen molar-refractivity contribution < 1.29 is 4.43 Å². The van der Waals surface area contributed by atoms with E-state index in [0.717, 1.165) is 18.7 Å². The average molecular weight is 276 g/mol. The van der Waals surface area contributed by atoms with Gasteiger partial charge in [0.25, 0.3) is 0 Å². The maximum absolute atomic E-state index is 6.23. The Morgan fingerprint density at radius 3 is 2.58 bits per heavy atom. The molecule has 0 atom stereocenters. The molecule has 0 amide bonds. The largest absolute Gasteiger partial charge is 0.544 e. The van der Waals surface area contributed by atoms with E-state index < -0.39 is 8.32 Å². The number of fused-ring (bicyclic) bond motifs is 1. The third-order valence-corrected chi connectivity index (χ3v) is 3.83. The second kappa shape index (κ2) is 5.39. The summed E-state index contributed by atoms with van der Waals surface area (Å²) in [6.45, 7) is 7.71. The van der Waals surface area contributed by atoms with Crippen molar-refractivity contribution in [2.75, 3.05) is 20.6 Å². The molecule has 0 aliphatic carbocycles. The second-order valence-electron chi connectivity index (χ2n) is 6.26. The number of aromatic nitrogens is 1. The Hall–Kier alpha value is -1.26. The van der Waals surface area contributed by atoms with E-state index in [2.05, 4.69) is 68.0 Å². The zero-order valence-electron chi connectivity index (χ0n) is 12.6. The summed E-state index contributed by atoms with van der Waals surface area (Å²) >= 11 is 0. The molecule has 0 aliphatic heterocycles. The molecule has 4 heteroatoms. The highest BCUT2D eigenvalue weighted by Crippen LogP contribution is 2.30. The van der Waals surface area contributed by atoms with E-state index in [9.17, 15) is 0 Å². The Kier molecular flexibility index (Phi) is 4.01. The normalized spacial score (nSPS) is 12.3. The lowest BCUT2D eigenvalue weighted by Crippen LogP contribution is -2.29. The van der Waals surface area contributed by atoms with Crippen LogP contribution in [0.25, 0.3) is 10.9 Å². The molecule has 0 fully saturated rings. The fraction of sp³-hybridized carbons (Fsp3) is 0.467. The monoisotopic (exact) mass is 276 g/mol. The number of likely N-dealkylation sites (N-methyl/N-ethyl adjacent to an activating group) is 1. The summed E-state index contributed by atoms with van der Waals surface area (Å²) in [7, 11) is 2.63. The molecule has 0 saturated carbocycles. The summed E-state index contributed by atoms with van der Waals surface area (Å²) in [6, 6.07) is 6.27. The molecule has 0 radical (unpaired) electrons. The van der Waals surface area contributed by atoms with Gasteiger partial charge in [-0.15, -0.1) is 0 Å². The van der Waals surface area contributed by atoms with Crippen LogP contribution >= 0.6 is 0 Å². The highest BCUT2D eigenvalue weighted by atomic mass is 28.4. The molecule has 19 heavy (non-hydrogen) atoms. The van der Waals surface area contributed by atoms with Crippen LogP contribution in [0.1, 0.15) is 5.56 Å². The minimum atomic E-state index is -1.58. The van der Waals surface area contributed by atoms with Gasteiger partial charge in [-0.25, -0.2) is 0 Å². The van der Waals surface area contributed by atoms with Crippen LogP contribution in [0.2, 0.25) is 19.6 Å². The van der Waals surface area contributed by atoms with Gasteiger partial charge in [-0.2, -0.15) is 0 Å². The molecule has 3 nitrogen and oxygen atoms in total. The standard InChI is InChI=1S/C15H24N2OSi/c1-17(2)10-9-12-11-16-13-7-6-8-14(15(12)13)18-19(3,4)5/h6-8,11,16H,9-10H2,1-5H3. The number of hydrogen-bond acceptors (Lipinski definition) is 2. The molecule has 104 valence electrons. The zero-order valence-corrected chi connectivity index (χ0v) is 13.6. The quantitative estimate of drug-likeness (QED) is 0.847. The maximum Gasteiger partial charge on any atom is 0.242 e. The van der Waals surface area contributed by atoms with Gasteiger partial charge in [0.1, 0.15) is 5.75 Å². The second-order valence-corrected chi connectivity index (χ2v) is 10.7. The molecule has 0 saturated heterocycles. The summed E-state index contributed by atoms with van der Waals surface area (Å²) in [5, 5.41) is 1.26. The zero-order chi connectivity index (χ0) is 14.0. The molecular formula is C15H24N2OSi. The minimum absolute atomic E-state index is 1.03. The number of hydrogen-bond donors (Lipinski definition) is 1. The highest BCUT2D eigenvalue weighted by molar-refractivity contribution is 6.70. The van der Waals surface area contributed by atoms with E-state index in [-0.39, 0.29) is 0 Å². The van der Waals surface area contributed by atoms with Crippen LogP contribution in [-0.2, 0) is 6.42 Å². The molecule has 2 rings (SSSR count). The van der Waals surface area contributed by atoms with Crippen molar-refractivity contribution in [3.63, 3.8) is 0 Å². The van der Waals surface area contributed by atoms with Crippen LogP contribution in [0.3, 0.4) is 0 Å². The molecule has 2 aromatic rings. The third-order valence-electron chi connectivity index (χ3n) is 2.99. The Morgan fingerprint density at radius 1 is 1.21 bits per heavy atom. The lowest BCUT2D eigenvalue weighted by molar-refractivity contribution is 0.414. The van der Waals surface area contributed by atoms with Crippen LogP contribution in [0.4, 0.5) is 0 Å². The van der Waals surface area contributed by atoms with Crippen molar-refractivity contribution in [1.82, 2.24) is 9.88 Å². The van der Waals surface area contributed by atoms with Gasteiger partial charge in [0.15, 0.2) is 0 Å². The number of benzene rings is 1. The van der Waals surface area contributed by atoms with Crippen LogP contribution in [0.5, 0.6) is 5.75 Å². The van der Waals surface area contributed by atoms with Gasteiger partial charge in [0, 0.05) is 23.6 Å². The van der Waals surface area contributed by atoms with Crippen LogP contribution < -0.4 is 4.43 Å². The molecule has 1 N–H and O–H groups in total. The van der Waals surface area contributed by atoms with Crippen LogP contribution in [0, 0.1) is 0 Å². The van der Waals surface area contributed by atoms with Crippen molar-refractivity contribution in [1.29, 1.82) is 0 Å². The third kappa shape index (κ3) is 3.61. The molecule has 1 heterocycles. The van der Waals surface area contributed by atoms with E-state index in [0.29, 0.717) is 0 Å². The summed E-state index contributed by atoms with van der Waals surface area (Å²) < 4.78 is 6.23. The van der Waals surface area contributed by atoms with E-state index >= 15 is 0 Å². The number of H-pyrrole nitrogens is 1.